The number of benzene rings is 1. The third kappa shape index (κ3) is 1.89. The van der Waals surface area contributed by atoms with Gasteiger partial charge in [0.15, 0.2) is 0 Å². The molecule has 0 spiro atoms. The number of hydrogen-bond acceptors (Lipinski definition) is 2. The Bertz CT molecular complexity index is 755. The molecular formula is C14H13N3O2. The fourth-order valence-corrected chi connectivity index (χ4v) is 2.25. The summed E-state index contributed by atoms with van der Waals surface area (Å²) in [5.74, 6) is -0.0208. The molecule has 96 valence electrons. The molecule has 0 saturated carbocycles. The summed E-state index contributed by atoms with van der Waals surface area (Å²) in [4.78, 5) is 15.5. The second kappa shape index (κ2) is 4.28. The lowest BCUT2D eigenvalue weighted by Crippen LogP contribution is -2.04. The number of imidazole rings is 1. The number of carboxylic acids is 1. The Morgan fingerprint density at radius 3 is 2.84 bits per heavy atom. The third-order valence-electron chi connectivity index (χ3n) is 3.25. The molecule has 5 nitrogen and oxygen atoms in total. The molecule has 0 unspecified atom stereocenters. The zero-order chi connectivity index (χ0) is 13.4. The number of rotatable bonds is 3. The largest absolute Gasteiger partial charge is 0.478 e. The fraction of sp³-hybridized carbons (Fsp3) is 0.143. The second-order valence-corrected chi connectivity index (χ2v) is 4.45. The maximum Gasteiger partial charge on any atom is 0.337 e. The van der Waals surface area contributed by atoms with Gasteiger partial charge in [-0.2, -0.15) is 0 Å². The molecule has 0 fully saturated rings. The predicted octanol–water partition coefficient (Wildman–Crippen LogP) is 2.12. The van der Waals surface area contributed by atoms with Crippen molar-refractivity contribution in [2.75, 3.05) is 0 Å². The molecule has 3 aromatic rings. The van der Waals surface area contributed by atoms with Crippen molar-refractivity contribution >= 4 is 16.9 Å². The molecule has 5 heteroatoms. The number of para-hydroxylation sites is 1. The molecule has 0 amide bonds. The zero-order valence-electron chi connectivity index (χ0n) is 10.4. The van der Waals surface area contributed by atoms with Gasteiger partial charge in [-0.1, -0.05) is 18.2 Å². The van der Waals surface area contributed by atoms with Gasteiger partial charge in [-0.3, -0.25) is 0 Å². The number of nitrogens with zero attached hydrogens (tertiary/aromatic N) is 3. The average molecular weight is 255 g/mol. The van der Waals surface area contributed by atoms with Gasteiger partial charge >= 0.3 is 5.97 Å². The van der Waals surface area contributed by atoms with E-state index in [1.807, 2.05) is 46.6 Å². The molecule has 2 aromatic heterocycles. The molecule has 0 saturated heterocycles. The molecule has 2 heterocycles. The van der Waals surface area contributed by atoms with Crippen LogP contribution in [0.4, 0.5) is 0 Å². The predicted molar refractivity (Wildman–Crippen MR) is 71.2 cm³/mol. The summed E-state index contributed by atoms with van der Waals surface area (Å²) in [5, 5.41) is 10.00. The van der Waals surface area contributed by atoms with Crippen LogP contribution in [0.25, 0.3) is 10.9 Å². The molecule has 19 heavy (non-hydrogen) atoms. The maximum atomic E-state index is 11.3. The zero-order valence-corrected chi connectivity index (χ0v) is 10.4. The van der Waals surface area contributed by atoms with Crippen molar-refractivity contribution < 1.29 is 9.90 Å². The van der Waals surface area contributed by atoms with Crippen LogP contribution in [0.2, 0.25) is 0 Å². The number of carbonyl (C=O) groups is 1. The van der Waals surface area contributed by atoms with Crippen molar-refractivity contribution in [3.05, 3.63) is 54.2 Å². The summed E-state index contributed by atoms with van der Waals surface area (Å²) in [6, 6.07) is 7.50. The number of carboxylic acid groups (broad SMARTS) is 1. The molecular weight excluding hydrogens is 242 g/mol. The van der Waals surface area contributed by atoms with Crippen LogP contribution >= 0.6 is 0 Å². The lowest BCUT2D eigenvalue weighted by atomic mass is 10.2. The average Bonchev–Trinajstić information content (AvgIpc) is 2.96. The number of hydrogen-bond donors (Lipinski definition) is 1. The van der Waals surface area contributed by atoms with E-state index in [1.54, 1.807) is 12.4 Å². The van der Waals surface area contributed by atoms with Gasteiger partial charge in [0.2, 0.25) is 0 Å². The van der Waals surface area contributed by atoms with Crippen molar-refractivity contribution in [1.29, 1.82) is 0 Å². The first-order chi connectivity index (χ1) is 9.16. The first kappa shape index (κ1) is 11.5. The Morgan fingerprint density at radius 2 is 2.16 bits per heavy atom. The first-order valence-corrected chi connectivity index (χ1v) is 5.94. The van der Waals surface area contributed by atoms with E-state index in [1.165, 1.54) is 0 Å². The topological polar surface area (TPSA) is 60.0 Å². The summed E-state index contributed by atoms with van der Waals surface area (Å²) >= 11 is 0. The summed E-state index contributed by atoms with van der Waals surface area (Å²) < 4.78 is 3.84. The minimum absolute atomic E-state index is 0.324. The highest BCUT2D eigenvalue weighted by atomic mass is 16.4. The second-order valence-electron chi connectivity index (χ2n) is 4.45. The van der Waals surface area contributed by atoms with Gasteiger partial charge in [0.05, 0.1) is 12.1 Å². The molecule has 0 atom stereocenters. The Hall–Kier alpha value is -2.56. The van der Waals surface area contributed by atoms with Gasteiger partial charge in [0.25, 0.3) is 0 Å². The smallest absolute Gasteiger partial charge is 0.337 e. The van der Waals surface area contributed by atoms with Gasteiger partial charge < -0.3 is 14.2 Å². The van der Waals surface area contributed by atoms with Crippen molar-refractivity contribution in [2.45, 2.75) is 6.54 Å². The van der Waals surface area contributed by atoms with Crippen LogP contribution in [0.1, 0.15) is 16.2 Å². The summed E-state index contributed by atoms with van der Waals surface area (Å²) in [6.45, 7) is 0.553. The quantitative estimate of drug-likeness (QED) is 0.779. The SMILES string of the molecule is Cn1ccnc1Cn1cc(C(=O)O)c2ccccc21. The van der Waals surface area contributed by atoms with Crippen molar-refractivity contribution in [1.82, 2.24) is 14.1 Å². The fourth-order valence-electron chi connectivity index (χ4n) is 2.25. The van der Waals surface area contributed by atoms with Gasteiger partial charge in [-0.15, -0.1) is 0 Å². The van der Waals surface area contributed by atoms with E-state index < -0.39 is 5.97 Å². The monoisotopic (exact) mass is 255 g/mol. The summed E-state index contributed by atoms with van der Waals surface area (Å²) in [7, 11) is 1.92. The highest BCUT2D eigenvalue weighted by Gasteiger charge is 2.14. The van der Waals surface area contributed by atoms with Crippen molar-refractivity contribution in [2.24, 2.45) is 7.05 Å². The van der Waals surface area contributed by atoms with Crippen LogP contribution in [0.5, 0.6) is 0 Å². The summed E-state index contributed by atoms with van der Waals surface area (Å²) in [6.07, 6.45) is 5.28. The minimum atomic E-state index is -0.908. The Balaban J connectivity index is 2.14. The number of aryl methyl sites for hydroxylation is 1. The van der Waals surface area contributed by atoms with Crippen LogP contribution in [-0.2, 0) is 13.6 Å². The van der Waals surface area contributed by atoms with Crippen LogP contribution in [0, 0.1) is 0 Å². The lowest BCUT2D eigenvalue weighted by Gasteiger charge is -2.05. The molecule has 3 rings (SSSR count). The van der Waals surface area contributed by atoms with E-state index >= 15 is 0 Å². The first-order valence-electron chi connectivity index (χ1n) is 5.94. The van der Waals surface area contributed by atoms with E-state index in [0.29, 0.717) is 12.1 Å². The van der Waals surface area contributed by atoms with E-state index in [4.69, 9.17) is 0 Å². The van der Waals surface area contributed by atoms with Crippen molar-refractivity contribution in [3.63, 3.8) is 0 Å². The van der Waals surface area contributed by atoms with Gasteiger partial charge in [-0.05, 0) is 6.07 Å². The number of fused-ring (bicyclic) bond motifs is 1. The highest BCUT2D eigenvalue weighted by Crippen LogP contribution is 2.22. The molecule has 0 aliphatic heterocycles. The third-order valence-corrected chi connectivity index (χ3v) is 3.25. The number of aromatic nitrogens is 3. The van der Waals surface area contributed by atoms with E-state index in [9.17, 15) is 9.90 Å². The van der Waals surface area contributed by atoms with Crippen LogP contribution in [0.15, 0.2) is 42.9 Å². The normalized spacial score (nSPS) is 11.0. The highest BCUT2D eigenvalue weighted by molar-refractivity contribution is 6.03. The van der Waals surface area contributed by atoms with E-state index in [2.05, 4.69) is 4.98 Å². The molecule has 0 aliphatic rings. The molecule has 1 aromatic carbocycles. The van der Waals surface area contributed by atoms with Crippen LogP contribution < -0.4 is 0 Å². The molecule has 0 bridgehead atoms. The molecule has 0 radical (unpaired) electrons. The Kier molecular flexibility index (Phi) is 2.59. The minimum Gasteiger partial charge on any atom is -0.478 e. The van der Waals surface area contributed by atoms with Crippen LogP contribution in [0.3, 0.4) is 0 Å². The van der Waals surface area contributed by atoms with E-state index in [-0.39, 0.29) is 0 Å². The Morgan fingerprint density at radius 1 is 1.37 bits per heavy atom. The lowest BCUT2D eigenvalue weighted by molar-refractivity contribution is 0.0699. The Labute approximate surface area is 109 Å². The van der Waals surface area contributed by atoms with Gasteiger partial charge in [0, 0.05) is 36.5 Å². The standard InChI is InChI=1S/C14H13N3O2/c1-16-7-6-15-13(16)9-17-8-11(14(18)19)10-4-2-3-5-12(10)17/h2-8H,9H2,1H3,(H,18,19). The van der Waals surface area contributed by atoms with Gasteiger partial charge in [-0.25, -0.2) is 9.78 Å². The molecule has 1 N–H and O–H groups in total. The van der Waals surface area contributed by atoms with Crippen LogP contribution in [-0.4, -0.2) is 25.2 Å². The summed E-state index contributed by atoms with van der Waals surface area (Å²) in [5.41, 5.74) is 1.23. The van der Waals surface area contributed by atoms with Crippen molar-refractivity contribution in [3.8, 4) is 0 Å². The maximum absolute atomic E-state index is 11.3. The van der Waals surface area contributed by atoms with Gasteiger partial charge in [0.1, 0.15) is 5.82 Å². The molecule has 0 aliphatic carbocycles. The number of aromatic carboxylic acids is 1. The van der Waals surface area contributed by atoms with E-state index in [0.717, 1.165) is 16.7 Å².